The van der Waals surface area contributed by atoms with Crippen LogP contribution in [0, 0.1) is 0 Å². The smallest absolute Gasteiger partial charge is 0.346 e. The van der Waals surface area contributed by atoms with Gasteiger partial charge in [0.1, 0.15) is 4.91 Å². The minimum Gasteiger partial charge on any atom is -0.462 e. The van der Waals surface area contributed by atoms with Gasteiger partial charge in [-0.05, 0) is 55.8 Å². The van der Waals surface area contributed by atoms with Crippen molar-refractivity contribution in [3.63, 3.8) is 0 Å². The van der Waals surface area contributed by atoms with E-state index in [-0.39, 0.29) is 11.9 Å². The Morgan fingerprint density at radius 2 is 2.12 bits per heavy atom. The van der Waals surface area contributed by atoms with Crippen LogP contribution in [0.2, 0.25) is 0 Å². The van der Waals surface area contributed by atoms with Crippen LogP contribution >= 0.6 is 27.7 Å². The Balaban J connectivity index is 1.83. The van der Waals surface area contributed by atoms with E-state index in [1.54, 1.807) is 6.92 Å². The zero-order valence-corrected chi connectivity index (χ0v) is 16.3. The number of allylic oxidation sites excluding steroid dienone is 1. The molecule has 1 aromatic carbocycles. The highest BCUT2D eigenvalue weighted by molar-refractivity contribution is 9.10. The Morgan fingerprint density at radius 1 is 1.40 bits per heavy atom. The molecule has 2 heterocycles. The maximum atomic E-state index is 12.5. The number of nitrogens with zero attached hydrogens (tertiary/aromatic N) is 2. The monoisotopic (exact) mass is 420 g/mol. The molecule has 5 nitrogen and oxygen atoms in total. The summed E-state index contributed by atoms with van der Waals surface area (Å²) in [6.45, 7) is 4.55. The summed E-state index contributed by atoms with van der Waals surface area (Å²) in [5, 5.41) is 0.546. The van der Waals surface area contributed by atoms with Crippen molar-refractivity contribution in [1.82, 2.24) is 4.90 Å². The number of carbonyl (C=O) groups is 2. The maximum absolute atomic E-state index is 12.5. The zero-order valence-electron chi connectivity index (χ0n) is 13.9. The molecule has 25 heavy (non-hydrogen) atoms. The maximum Gasteiger partial charge on any atom is 0.346 e. The van der Waals surface area contributed by atoms with E-state index in [2.05, 4.69) is 20.9 Å². The van der Waals surface area contributed by atoms with Crippen LogP contribution in [-0.2, 0) is 14.3 Å². The number of benzene rings is 1. The zero-order chi connectivity index (χ0) is 18.0. The molecule has 0 bridgehead atoms. The molecule has 0 unspecified atom stereocenters. The Kier molecular flexibility index (Phi) is 5.44. The summed E-state index contributed by atoms with van der Waals surface area (Å²) >= 11 is 4.61. The highest BCUT2D eigenvalue weighted by Crippen LogP contribution is 2.37. The number of aliphatic imine (C=N–C) groups is 1. The number of thioether (sulfide) groups is 1. The number of ether oxygens (including phenoxy) is 1. The van der Waals surface area contributed by atoms with Crippen LogP contribution in [-0.4, -0.2) is 35.1 Å². The number of amides is 1. The van der Waals surface area contributed by atoms with Crippen molar-refractivity contribution in [3.05, 3.63) is 50.5 Å². The molecule has 0 aromatic heterocycles. The molecule has 0 atom stereocenters. The average Bonchev–Trinajstić information content (AvgIpc) is 2.80. The third kappa shape index (κ3) is 3.88. The number of hydrogen-bond donors (Lipinski definition) is 0. The van der Waals surface area contributed by atoms with Crippen LogP contribution in [0.15, 0.2) is 49.9 Å². The fraction of sp³-hybridized carbons (Fsp3) is 0.278. The van der Waals surface area contributed by atoms with Gasteiger partial charge in [-0.3, -0.25) is 4.79 Å². The number of hydrogen-bond acceptors (Lipinski definition) is 5. The fourth-order valence-electron chi connectivity index (χ4n) is 2.61. The molecular weight excluding hydrogens is 404 g/mol. The number of esters is 1. The van der Waals surface area contributed by atoms with Gasteiger partial charge in [0.05, 0.1) is 6.61 Å². The summed E-state index contributed by atoms with van der Waals surface area (Å²) < 4.78 is 6.06. The highest BCUT2D eigenvalue weighted by atomic mass is 79.9. The summed E-state index contributed by atoms with van der Waals surface area (Å²) in [6, 6.07) is 7.77. The van der Waals surface area contributed by atoms with Crippen LogP contribution in [0.25, 0.3) is 6.08 Å². The molecule has 0 radical (unpaired) electrons. The first-order chi connectivity index (χ1) is 12.0. The first kappa shape index (κ1) is 17.9. The minimum absolute atomic E-state index is 0.258. The molecule has 0 spiro atoms. The predicted molar refractivity (Wildman–Crippen MR) is 103 cm³/mol. The van der Waals surface area contributed by atoms with Gasteiger partial charge in [0.2, 0.25) is 0 Å². The molecule has 0 saturated heterocycles. The highest BCUT2D eigenvalue weighted by Gasteiger charge is 2.34. The summed E-state index contributed by atoms with van der Waals surface area (Å²) in [6.07, 6.45) is 2.44. The summed E-state index contributed by atoms with van der Waals surface area (Å²) in [4.78, 5) is 31.2. The van der Waals surface area contributed by atoms with E-state index in [0.29, 0.717) is 35.2 Å². The van der Waals surface area contributed by atoms with Crippen LogP contribution in [0.4, 0.5) is 0 Å². The van der Waals surface area contributed by atoms with Gasteiger partial charge in [-0.2, -0.15) is 4.99 Å². The van der Waals surface area contributed by atoms with E-state index in [0.717, 1.165) is 15.7 Å². The van der Waals surface area contributed by atoms with E-state index in [9.17, 15) is 9.59 Å². The molecule has 2 aliphatic rings. The van der Waals surface area contributed by atoms with E-state index in [1.807, 2.05) is 42.2 Å². The van der Waals surface area contributed by atoms with Gasteiger partial charge in [0.15, 0.2) is 5.17 Å². The van der Waals surface area contributed by atoms with E-state index in [1.165, 1.54) is 11.8 Å². The summed E-state index contributed by atoms with van der Waals surface area (Å²) in [5.74, 6) is -0.621. The Labute approximate surface area is 159 Å². The van der Waals surface area contributed by atoms with Crippen molar-refractivity contribution in [3.8, 4) is 0 Å². The predicted octanol–water partition coefficient (Wildman–Crippen LogP) is 3.96. The number of rotatable bonds is 3. The lowest BCUT2D eigenvalue weighted by molar-refractivity contribution is -0.137. The molecule has 0 saturated carbocycles. The number of halogens is 1. The van der Waals surface area contributed by atoms with Gasteiger partial charge in [-0.25, -0.2) is 4.79 Å². The van der Waals surface area contributed by atoms with Crippen LogP contribution in [0.3, 0.4) is 0 Å². The molecule has 1 amide bonds. The van der Waals surface area contributed by atoms with Crippen molar-refractivity contribution in [1.29, 1.82) is 0 Å². The standard InChI is InChI=1S/C18H17BrN2O3S/c1-3-24-17(23)15-11(2)21-9-8-13(16(22)20-18(21)25-15)10-12-4-6-14(19)7-5-12/h4-7,10H,3,8-9H2,1-2H3/b13-10+. The van der Waals surface area contributed by atoms with E-state index < -0.39 is 0 Å². The van der Waals surface area contributed by atoms with Crippen molar-refractivity contribution in [2.45, 2.75) is 20.3 Å². The van der Waals surface area contributed by atoms with E-state index >= 15 is 0 Å². The molecule has 3 rings (SSSR count). The van der Waals surface area contributed by atoms with Crippen molar-refractivity contribution in [2.75, 3.05) is 13.2 Å². The normalized spacial score (nSPS) is 19.0. The third-order valence-corrected chi connectivity index (χ3v) is 5.60. The fourth-order valence-corrected chi connectivity index (χ4v) is 3.92. The molecule has 0 aliphatic carbocycles. The van der Waals surface area contributed by atoms with E-state index in [4.69, 9.17) is 4.74 Å². The largest absolute Gasteiger partial charge is 0.462 e. The number of carbonyl (C=O) groups excluding carboxylic acids is 2. The Bertz CT molecular complexity index is 812. The van der Waals surface area contributed by atoms with Gasteiger partial charge in [-0.1, -0.05) is 28.1 Å². The molecule has 0 N–H and O–H groups in total. The number of amidine groups is 1. The van der Waals surface area contributed by atoms with Crippen LogP contribution in [0.1, 0.15) is 25.8 Å². The molecule has 1 aromatic rings. The number of fused-ring (bicyclic) bond motifs is 1. The van der Waals surface area contributed by atoms with Gasteiger partial charge < -0.3 is 9.64 Å². The molecule has 2 aliphatic heterocycles. The second-order valence-corrected chi connectivity index (χ2v) is 7.45. The van der Waals surface area contributed by atoms with Crippen molar-refractivity contribution >= 4 is 50.8 Å². The average molecular weight is 421 g/mol. The minimum atomic E-state index is -0.362. The first-order valence-corrected chi connectivity index (χ1v) is 9.53. The van der Waals surface area contributed by atoms with Crippen molar-refractivity contribution in [2.24, 2.45) is 4.99 Å². The molecule has 7 heteroatoms. The van der Waals surface area contributed by atoms with Gasteiger partial charge in [0.25, 0.3) is 5.91 Å². The Hall–Kier alpha value is -1.86. The molecule has 130 valence electrons. The second-order valence-electron chi connectivity index (χ2n) is 5.56. The lowest BCUT2D eigenvalue weighted by atomic mass is 10.1. The second kappa shape index (κ2) is 7.58. The Morgan fingerprint density at radius 3 is 2.80 bits per heavy atom. The quantitative estimate of drug-likeness (QED) is 0.546. The van der Waals surface area contributed by atoms with Gasteiger partial charge in [0, 0.05) is 22.3 Å². The molecule has 0 fully saturated rings. The summed E-state index contributed by atoms with van der Waals surface area (Å²) in [7, 11) is 0. The first-order valence-electron chi connectivity index (χ1n) is 7.92. The summed E-state index contributed by atoms with van der Waals surface area (Å²) in [5.41, 5.74) is 2.41. The van der Waals surface area contributed by atoms with Gasteiger partial charge in [-0.15, -0.1) is 0 Å². The van der Waals surface area contributed by atoms with Crippen LogP contribution in [0.5, 0.6) is 0 Å². The SMILES string of the molecule is CCOC(=O)C1=C(C)N2CC/C(=C\c3ccc(Br)cc3)C(=O)N=C2S1. The third-order valence-electron chi connectivity index (χ3n) is 3.91. The van der Waals surface area contributed by atoms with Crippen molar-refractivity contribution < 1.29 is 14.3 Å². The topological polar surface area (TPSA) is 59.0 Å². The lowest BCUT2D eigenvalue weighted by Crippen LogP contribution is -2.23. The molecular formula is C18H17BrN2O3S. The lowest BCUT2D eigenvalue weighted by Gasteiger charge is -2.17. The van der Waals surface area contributed by atoms with Crippen LogP contribution < -0.4 is 0 Å². The van der Waals surface area contributed by atoms with Gasteiger partial charge >= 0.3 is 5.97 Å².